The molecule has 1 aliphatic rings. The number of nitrogens with zero attached hydrogens (tertiary/aromatic N) is 3. The predicted octanol–water partition coefficient (Wildman–Crippen LogP) is 2.14. The predicted molar refractivity (Wildman–Crippen MR) is 105 cm³/mol. The van der Waals surface area contributed by atoms with Gasteiger partial charge in [-0.25, -0.2) is 0 Å². The molecule has 0 aliphatic carbocycles. The molecule has 1 fully saturated rings. The van der Waals surface area contributed by atoms with E-state index in [0.717, 1.165) is 19.5 Å². The Morgan fingerprint density at radius 3 is 2.56 bits per heavy atom. The fraction of sp³-hybridized carbons (Fsp3) is 0.632. The number of anilines is 1. The van der Waals surface area contributed by atoms with Gasteiger partial charge in [0, 0.05) is 57.6 Å². The average molecular weight is 378 g/mol. The van der Waals surface area contributed by atoms with E-state index in [-0.39, 0.29) is 17.6 Å². The third-order valence-electron chi connectivity index (χ3n) is 4.72. The summed E-state index contributed by atoms with van der Waals surface area (Å²) in [6.45, 7) is 7.96. The molecule has 150 valence electrons. The molecule has 1 saturated heterocycles. The summed E-state index contributed by atoms with van der Waals surface area (Å²) in [6, 6.07) is 4.60. The molecule has 1 amide bonds. The van der Waals surface area contributed by atoms with E-state index < -0.39 is 4.92 Å². The highest BCUT2D eigenvalue weighted by Crippen LogP contribution is 2.24. The first-order chi connectivity index (χ1) is 12.8. The van der Waals surface area contributed by atoms with Crippen molar-refractivity contribution in [1.29, 1.82) is 0 Å². The van der Waals surface area contributed by atoms with E-state index >= 15 is 0 Å². The van der Waals surface area contributed by atoms with Gasteiger partial charge in [-0.3, -0.25) is 19.8 Å². The van der Waals surface area contributed by atoms with Crippen LogP contribution < -0.4 is 10.2 Å². The molecule has 0 saturated carbocycles. The van der Waals surface area contributed by atoms with Crippen molar-refractivity contribution in [1.82, 2.24) is 10.2 Å². The molecular weight excluding hydrogens is 348 g/mol. The Hall–Kier alpha value is -2.19. The monoisotopic (exact) mass is 378 g/mol. The van der Waals surface area contributed by atoms with Crippen LogP contribution in [-0.2, 0) is 4.74 Å². The Kier molecular flexibility index (Phi) is 7.55. The molecule has 1 heterocycles. The maximum absolute atomic E-state index is 12.8. The zero-order valence-corrected chi connectivity index (χ0v) is 16.6. The standard InChI is InChI=1S/C19H30N4O4/c1-14(2)11-16(22-7-9-27-10-8-22)13-20-19(24)17-12-15(23(25)26)5-6-18(17)21(3)4/h5-6,12,14,16H,7-11,13H2,1-4H3,(H,20,24). The van der Waals surface area contributed by atoms with Crippen molar-refractivity contribution in [3.63, 3.8) is 0 Å². The van der Waals surface area contributed by atoms with Gasteiger partial charge in [0.05, 0.1) is 23.7 Å². The second-order valence-corrected chi connectivity index (χ2v) is 7.49. The fourth-order valence-corrected chi connectivity index (χ4v) is 3.36. The number of amides is 1. The number of rotatable bonds is 8. The van der Waals surface area contributed by atoms with E-state index in [4.69, 9.17) is 4.74 Å². The first kappa shape index (κ1) is 21.1. The average Bonchev–Trinajstić information content (AvgIpc) is 2.64. The summed E-state index contributed by atoms with van der Waals surface area (Å²) >= 11 is 0. The summed E-state index contributed by atoms with van der Waals surface area (Å²) in [5.41, 5.74) is 0.891. The van der Waals surface area contributed by atoms with Gasteiger partial charge in [-0.2, -0.15) is 0 Å². The molecule has 1 aromatic rings. The number of nitrogens with one attached hydrogen (secondary N) is 1. The molecule has 8 nitrogen and oxygen atoms in total. The van der Waals surface area contributed by atoms with Crippen molar-refractivity contribution < 1.29 is 14.5 Å². The zero-order valence-electron chi connectivity index (χ0n) is 16.6. The summed E-state index contributed by atoms with van der Waals surface area (Å²) in [5, 5.41) is 14.1. The minimum Gasteiger partial charge on any atom is -0.379 e. The summed E-state index contributed by atoms with van der Waals surface area (Å²) in [7, 11) is 3.63. The lowest BCUT2D eigenvalue weighted by Crippen LogP contribution is -2.49. The van der Waals surface area contributed by atoms with E-state index in [9.17, 15) is 14.9 Å². The van der Waals surface area contributed by atoms with Crippen LogP contribution >= 0.6 is 0 Å². The van der Waals surface area contributed by atoms with Crippen molar-refractivity contribution >= 4 is 17.3 Å². The Balaban J connectivity index is 2.14. The van der Waals surface area contributed by atoms with Gasteiger partial charge < -0.3 is 15.0 Å². The molecule has 27 heavy (non-hydrogen) atoms. The van der Waals surface area contributed by atoms with Gasteiger partial charge in [0.15, 0.2) is 0 Å². The second-order valence-electron chi connectivity index (χ2n) is 7.49. The van der Waals surface area contributed by atoms with Gasteiger partial charge >= 0.3 is 0 Å². The Labute approximate surface area is 160 Å². The van der Waals surface area contributed by atoms with E-state index in [2.05, 4.69) is 24.1 Å². The van der Waals surface area contributed by atoms with Gasteiger partial charge in [-0.05, 0) is 18.4 Å². The first-order valence-corrected chi connectivity index (χ1v) is 9.35. The summed E-state index contributed by atoms with van der Waals surface area (Å²) in [6.07, 6.45) is 0.968. The van der Waals surface area contributed by atoms with Crippen LogP contribution in [0.25, 0.3) is 0 Å². The van der Waals surface area contributed by atoms with Crippen LogP contribution in [0.5, 0.6) is 0 Å². The van der Waals surface area contributed by atoms with Gasteiger partial charge in [0.25, 0.3) is 11.6 Å². The number of non-ortho nitro benzene ring substituents is 1. The fourth-order valence-electron chi connectivity index (χ4n) is 3.36. The first-order valence-electron chi connectivity index (χ1n) is 9.35. The number of carbonyl (C=O) groups excluding carboxylic acids is 1. The van der Waals surface area contributed by atoms with Gasteiger partial charge in [-0.15, -0.1) is 0 Å². The lowest BCUT2D eigenvalue weighted by molar-refractivity contribution is -0.384. The minimum atomic E-state index is -0.481. The van der Waals surface area contributed by atoms with Crippen molar-refractivity contribution in [3.8, 4) is 0 Å². The molecule has 0 aromatic heterocycles. The van der Waals surface area contributed by atoms with E-state index in [1.54, 1.807) is 11.0 Å². The molecule has 1 N–H and O–H groups in total. The molecule has 8 heteroatoms. The number of carbonyl (C=O) groups is 1. The smallest absolute Gasteiger partial charge is 0.270 e. The summed E-state index contributed by atoms with van der Waals surface area (Å²) < 4.78 is 5.43. The highest BCUT2D eigenvalue weighted by Gasteiger charge is 2.24. The molecule has 1 atom stereocenters. The van der Waals surface area contributed by atoms with E-state index in [0.29, 0.717) is 36.9 Å². The van der Waals surface area contributed by atoms with Crippen LogP contribution in [-0.4, -0.2) is 68.7 Å². The zero-order chi connectivity index (χ0) is 20.0. The molecule has 2 rings (SSSR count). The molecule has 0 bridgehead atoms. The van der Waals surface area contributed by atoms with Gasteiger partial charge in [0.2, 0.25) is 0 Å². The van der Waals surface area contributed by atoms with Crippen molar-refractivity contribution in [2.45, 2.75) is 26.3 Å². The Morgan fingerprint density at radius 2 is 2.00 bits per heavy atom. The largest absolute Gasteiger partial charge is 0.379 e. The lowest BCUT2D eigenvalue weighted by Gasteiger charge is -2.35. The van der Waals surface area contributed by atoms with Crippen molar-refractivity contribution in [2.24, 2.45) is 5.92 Å². The normalized spacial score (nSPS) is 16.2. The third kappa shape index (κ3) is 5.90. The van der Waals surface area contributed by atoms with Gasteiger partial charge in [-0.1, -0.05) is 13.8 Å². The minimum absolute atomic E-state index is 0.0855. The van der Waals surface area contributed by atoms with Crippen molar-refractivity contribution in [2.75, 3.05) is 51.8 Å². The number of benzene rings is 1. The highest BCUT2D eigenvalue weighted by atomic mass is 16.6. The highest BCUT2D eigenvalue weighted by molar-refractivity contribution is 6.00. The van der Waals surface area contributed by atoms with Gasteiger partial charge in [0.1, 0.15) is 0 Å². The van der Waals surface area contributed by atoms with Crippen LogP contribution in [0.2, 0.25) is 0 Å². The Morgan fingerprint density at radius 1 is 1.33 bits per heavy atom. The third-order valence-corrected chi connectivity index (χ3v) is 4.72. The van der Waals surface area contributed by atoms with Crippen LogP contribution in [0.1, 0.15) is 30.6 Å². The molecule has 0 radical (unpaired) electrons. The van der Waals surface area contributed by atoms with Crippen LogP contribution in [0.4, 0.5) is 11.4 Å². The number of ether oxygens (including phenoxy) is 1. The van der Waals surface area contributed by atoms with E-state index in [1.165, 1.54) is 12.1 Å². The maximum Gasteiger partial charge on any atom is 0.270 e. The molecular formula is C19H30N4O4. The molecule has 0 spiro atoms. The van der Waals surface area contributed by atoms with E-state index in [1.807, 2.05) is 14.1 Å². The van der Waals surface area contributed by atoms with Crippen LogP contribution in [0.15, 0.2) is 18.2 Å². The number of hydrogen-bond donors (Lipinski definition) is 1. The number of nitro benzene ring substituents is 1. The SMILES string of the molecule is CC(C)CC(CNC(=O)c1cc([N+](=O)[O-])ccc1N(C)C)N1CCOCC1. The topological polar surface area (TPSA) is 87.9 Å². The van der Waals surface area contributed by atoms with Crippen LogP contribution in [0, 0.1) is 16.0 Å². The maximum atomic E-state index is 12.8. The molecule has 1 unspecified atom stereocenters. The Bertz CT molecular complexity index is 657. The summed E-state index contributed by atoms with van der Waals surface area (Å²) in [5.74, 6) is 0.217. The van der Waals surface area contributed by atoms with Crippen molar-refractivity contribution in [3.05, 3.63) is 33.9 Å². The second kappa shape index (κ2) is 9.66. The van der Waals surface area contributed by atoms with Crippen LogP contribution in [0.3, 0.4) is 0 Å². The number of nitro groups is 1. The molecule has 1 aliphatic heterocycles. The quantitative estimate of drug-likeness (QED) is 0.551. The summed E-state index contributed by atoms with van der Waals surface area (Å²) in [4.78, 5) is 27.6. The number of hydrogen-bond acceptors (Lipinski definition) is 6. The lowest BCUT2D eigenvalue weighted by atomic mass is 10.0. The number of morpholine rings is 1. The molecule has 1 aromatic carbocycles.